The number of rotatable bonds is 3. The number of hydrogen-bond donors (Lipinski definition) is 1. The normalized spacial score (nSPS) is 13.9. The van der Waals surface area contributed by atoms with Crippen molar-refractivity contribution in [2.24, 2.45) is 0 Å². The second-order valence-electron chi connectivity index (χ2n) is 5.09. The largest absolute Gasteiger partial charge is 0.497 e. The molecule has 1 aliphatic carbocycles. The predicted octanol–water partition coefficient (Wildman–Crippen LogP) is 3.17. The minimum atomic E-state index is 0.777. The summed E-state index contributed by atoms with van der Waals surface area (Å²) in [6.45, 7) is 0. The van der Waals surface area contributed by atoms with Crippen LogP contribution in [0.25, 0.3) is 10.9 Å². The summed E-state index contributed by atoms with van der Waals surface area (Å²) in [5, 5.41) is 4.40. The van der Waals surface area contributed by atoms with E-state index in [1.807, 2.05) is 19.2 Å². The molecule has 3 rings (SSSR count). The van der Waals surface area contributed by atoms with Crippen molar-refractivity contribution in [2.45, 2.75) is 25.7 Å². The molecule has 0 spiro atoms. The molecule has 1 aromatic heterocycles. The third kappa shape index (κ3) is 1.96. The Bertz CT molecular complexity index is 653. The van der Waals surface area contributed by atoms with Crippen molar-refractivity contribution in [3.63, 3.8) is 0 Å². The number of anilines is 1. The molecule has 0 saturated heterocycles. The number of benzene rings is 1. The molecular formula is C16H20N2O2. The Morgan fingerprint density at radius 1 is 1.10 bits per heavy atom. The van der Waals surface area contributed by atoms with E-state index in [0.717, 1.165) is 40.9 Å². The summed E-state index contributed by atoms with van der Waals surface area (Å²) in [6, 6.07) is 3.90. The van der Waals surface area contributed by atoms with Gasteiger partial charge in [-0.3, -0.25) is 4.98 Å². The number of nitrogens with zero attached hydrogens (tertiary/aromatic N) is 1. The molecule has 0 radical (unpaired) electrons. The molecule has 1 aromatic carbocycles. The van der Waals surface area contributed by atoms with E-state index in [0.29, 0.717) is 0 Å². The van der Waals surface area contributed by atoms with E-state index in [9.17, 15) is 0 Å². The zero-order valence-corrected chi connectivity index (χ0v) is 12.2. The first-order valence-electron chi connectivity index (χ1n) is 7.03. The van der Waals surface area contributed by atoms with Crippen LogP contribution >= 0.6 is 0 Å². The monoisotopic (exact) mass is 272 g/mol. The highest BCUT2D eigenvalue weighted by atomic mass is 16.5. The van der Waals surface area contributed by atoms with Gasteiger partial charge in [0.05, 0.1) is 30.8 Å². The number of pyridine rings is 1. The van der Waals surface area contributed by atoms with E-state index >= 15 is 0 Å². The molecule has 0 fully saturated rings. The number of aromatic nitrogens is 1. The van der Waals surface area contributed by atoms with Gasteiger partial charge in [-0.1, -0.05) is 0 Å². The predicted molar refractivity (Wildman–Crippen MR) is 81.0 cm³/mol. The summed E-state index contributed by atoms with van der Waals surface area (Å²) in [4.78, 5) is 4.84. The Kier molecular flexibility index (Phi) is 3.38. The smallest absolute Gasteiger partial charge is 0.134 e. The van der Waals surface area contributed by atoms with Gasteiger partial charge in [-0.25, -0.2) is 0 Å². The van der Waals surface area contributed by atoms with Crippen LogP contribution in [0.15, 0.2) is 12.1 Å². The van der Waals surface area contributed by atoms with Crippen LogP contribution < -0.4 is 14.8 Å². The van der Waals surface area contributed by atoms with Crippen molar-refractivity contribution in [3.05, 3.63) is 23.4 Å². The molecule has 1 heterocycles. The first-order chi connectivity index (χ1) is 9.78. The summed E-state index contributed by atoms with van der Waals surface area (Å²) in [5.74, 6) is 1.59. The van der Waals surface area contributed by atoms with Crippen molar-refractivity contribution in [3.8, 4) is 11.5 Å². The highest BCUT2D eigenvalue weighted by molar-refractivity contribution is 5.99. The molecule has 1 N–H and O–H groups in total. The van der Waals surface area contributed by atoms with E-state index in [4.69, 9.17) is 14.5 Å². The average molecular weight is 272 g/mol. The fourth-order valence-electron chi connectivity index (χ4n) is 3.05. The molecule has 0 saturated carbocycles. The maximum absolute atomic E-state index is 5.54. The molecule has 106 valence electrons. The topological polar surface area (TPSA) is 43.4 Å². The number of fused-ring (bicyclic) bond motifs is 2. The lowest BCUT2D eigenvalue weighted by Gasteiger charge is -2.22. The quantitative estimate of drug-likeness (QED) is 0.932. The molecule has 0 aliphatic heterocycles. The Labute approximate surface area is 119 Å². The van der Waals surface area contributed by atoms with Crippen molar-refractivity contribution >= 4 is 16.6 Å². The van der Waals surface area contributed by atoms with E-state index in [2.05, 4.69) is 5.32 Å². The van der Waals surface area contributed by atoms with Gasteiger partial charge in [0.25, 0.3) is 0 Å². The third-order valence-corrected chi connectivity index (χ3v) is 4.01. The van der Waals surface area contributed by atoms with Gasteiger partial charge in [0.2, 0.25) is 0 Å². The summed E-state index contributed by atoms with van der Waals surface area (Å²) in [7, 11) is 5.32. The van der Waals surface area contributed by atoms with Crippen molar-refractivity contribution in [1.29, 1.82) is 0 Å². The first-order valence-corrected chi connectivity index (χ1v) is 7.03. The van der Waals surface area contributed by atoms with Crippen molar-refractivity contribution in [1.82, 2.24) is 4.98 Å². The van der Waals surface area contributed by atoms with Crippen LogP contribution in [0.4, 0.5) is 5.69 Å². The molecular weight excluding hydrogens is 252 g/mol. The van der Waals surface area contributed by atoms with Gasteiger partial charge < -0.3 is 14.8 Å². The number of methoxy groups -OCH3 is 2. The van der Waals surface area contributed by atoms with Crippen LogP contribution in [-0.4, -0.2) is 26.3 Å². The third-order valence-electron chi connectivity index (χ3n) is 4.01. The lowest BCUT2D eigenvalue weighted by Crippen LogP contribution is -2.10. The lowest BCUT2D eigenvalue weighted by molar-refractivity contribution is 0.398. The Morgan fingerprint density at radius 3 is 2.60 bits per heavy atom. The standard InChI is InChI=1S/C16H20N2O2/c1-17-16-11-6-4-5-7-12(11)18-13-8-10(19-2)9-14(20-3)15(13)16/h8-9H,4-7H2,1-3H3,(H,17,18). The van der Waals surface area contributed by atoms with E-state index in [-0.39, 0.29) is 0 Å². The van der Waals surface area contributed by atoms with E-state index < -0.39 is 0 Å². The SMILES string of the molecule is CNc1c2c(nc3cc(OC)cc(OC)c13)CCCC2. The summed E-state index contributed by atoms with van der Waals surface area (Å²) in [5.41, 5.74) is 4.65. The molecule has 2 aromatic rings. The number of ether oxygens (including phenoxy) is 2. The van der Waals surface area contributed by atoms with Gasteiger partial charge in [-0.05, 0) is 31.2 Å². The second-order valence-corrected chi connectivity index (χ2v) is 5.09. The zero-order chi connectivity index (χ0) is 14.1. The lowest BCUT2D eigenvalue weighted by atomic mass is 9.92. The maximum atomic E-state index is 5.54. The zero-order valence-electron chi connectivity index (χ0n) is 12.2. The number of nitrogens with one attached hydrogen (secondary N) is 1. The maximum Gasteiger partial charge on any atom is 0.134 e. The van der Waals surface area contributed by atoms with Gasteiger partial charge in [0.15, 0.2) is 0 Å². The summed E-state index contributed by atoms with van der Waals surface area (Å²) < 4.78 is 10.9. The Morgan fingerprint density at radius 2 is 1.90 bits per heavy atom. The minimum absolute atomic E-state index is 0.777. The average Bonchev–Trinajstić information content (AvgIpc) is 2.51. The fraction of sp³-hybridized carbons (Fsp3) is 0.438. The molecule has 20 heavy (non-hydrogen) atoms. The van der Waals surface area contributed by atoms with Gasteiger partial charge in [-0.15, -0.1) is 0 Å². The molecule has 1 aliphatic rings. The van der Waals surface area contributed by atoms with Gasteiger partial charge in [0, 0.05) is 24.9 Å². The summed E-state index contributed by atoms with van der Waals surface area (Å²) in [6.07, 6.45) is 4.59. The van der Waals surface area contributed by atoms with Crippen LogP contribution in [0.5, 0.6) is 11.5 Å². The van der Waals surface area contributed by atoms with Crippen LogP contribution in [0.3, 0.4) is 0 Å². The second kappa shape index (κ2) is 5.19. The Balaban J connectivity index is 2.36. The molecule has 0 amide bonds. The highest BCUT2D eigenvalue weighted by Crippen LogP contribution is 2.40. The number of hydrogen-bond acceptors (Lipinski definition) is 4. The van der Waals surface area contributed by atoms with Gasteiger partial charge in [0.1, 0.15) is 11.5 Å². The van der Waals surface area contributed by atoms with Gasteiger partial charge in [-0.2, -0.15) is 0 Å². The van der Waals surface area contributed by atoms with E-state index in [1.165, 1.54) is 24.1 Å². The van der Waals surface area contributed by atoms with Crippen LogP contribution in [0.2, 0.25) is 0 Å². The van der Waals surface area contributed by atoms with E-state index in [1.54, 1.807) is 14.2 Å². The molecule has 0 unspecified atom stereocenters. The van der Waals surface area contributed by atoms with Crippen molar-refractivity contribution in [2.75, 3.05) is 26.6 Å². The molecule has 4 nitrogen and oxygen atoms in total. The van der Waals surface area contributed by atoms with Crippen LogP contribution in [0.1, 0.15) is 24.1 Å². The molecule has 0 bridgehead atoms. The van der Waals surface area contributed by atoms with Crippen LogP contribution in [-0.2, 0) is 12.8 Å². The molecule has 4 heteroatoms. The first kappa shape index (κ1) is 13.0. The molecule has 0 atom stereocenters. The van der Waals surface area contributed by atoms with Crippen LogP contribution in [0, 0.1) is 0 Å². The fourth-order valence-corrected chi connectivity index (χ4v) is 3.05. The minimum Gasteiger partial charge on any atom is -0.497 e. The summed E-state index contributed by atoms with van der Waals surface area (Å²) >= 11 is 0. The number of aryl methyl sites for hydroxylation is 1. The Hall–Kier alpha value is -1.97. The van der Waals surface area contributed by atoms with Gasteiger partial charge >= 0.3 is 0 Å². The van der Waals surface area contributed by atoms with Crippen molar-refractivity contribution < 1.29 is 9.47 Å². The highest BCUT2D eigenvalue weighted by Gasteiger charge is 2.20.